The van der Waals surface area contributed by atoms with Gasteiger partial charge < -0.3 is 0 Å². The molecule has 0 aromatic rings. The molecule has 126 valence electrons. The first-order valence-corrected chi connectivity index (χ1v) is 9.13. The number of carbonyl (C=O) groups is 1. The van der Waals surface area contributed by atoms with Gasteiger partial charge in [-0.15, -0.1) is 0 Å². The van der Waals surface area contributed by atoms with Crippen molar-refractivity contribution in [3.8, 4) is 0 Å². The van der Waals surface area contributed by atoms with Crippen LogP contribution in [0.4, 0.5) is 13.2 Å². The Morgan fingerprint density at radius 1 is 1.32 bits per heavy atom. The first-order valence-electron chi connectivity index (χ1n) is 7.52. The molecule has 22 heavy (non-hydrogen) atoms. The van der Waals surface area contributed by atoms with Crippen molar-refractivity contribution in [2.75, 3.05) is 5.75 Å². The number of sulfonamides is 1. The van der Waals surface area contributed by atoms with Crippen LogP contribution in [0.1, 0.15) is 46.0 Å². The third-order valence-corrected chi connectivity index (χ3v) is 8.22. The summed E-state index contributed by atoms with van der Waals surface area (Å²) in [6.07, 6.45) is -4.26. The normalized spacial score (nSPS) is 38.3. The van der Waals surface area contributed by atoms with Crippen LogP contribution in [0, 0.1) is 16.7 Å². The van der Waals surface area contributed by atoms with Gasteiger partial charge in [0.25, 0.3) is 0 Å². The van der Waals surface area contributed by atoms with Crippen LogP contribution >= 0.6 is 0 Å². The molecule has 2 bridgehead atoms. The lowest BCUT2D eigenvalue weighted by atomic mass is 9.69. The largest absolute Gasteiger partial charge is 0.389 e. The molecule has 1 saturated heterocycles. The second kappa shape index (κ2) is 4.39. The van der Waals surface area contributed by atoms with Gasteiger partial charge >= 0.3 is 6.18 Å². The van der Waals surface area contributed by atoms with E-state index in [1.54, 1.807) is 0 Å². The van der Waals surface area contributed by atoms with Gasteiger partial charge in [0.1, 0.15) is 0 Å². The molecule has 3 fully saturated rings. The maximum Gasteiger partial charge on any atom is 0.389 e. The van der Waals surface area contributed by atoms with E-state index < -0.39 is 46.4 Å². The van der Waals surface area contributed by atoms with E-state index in [-0.39, 0.29) is 11.2 Å². The Morgan fingerprint density at radius 3 is 2.50 bits per heavy atom. The van der Waals surface area contributed by atoms with Gasteiger partial charge in [0.2, 0.25) is 15.9 Å². The molecule has 0 N–H and O–H groups in total. The molecule has 1 aliphatic heterocycles. The average molecular weight is 339 g/mol. The summed E-state index contributed by atoms with van der Waals surface area (Å²) in [6, 6.07) is -0.452. The summed E-state index contributed by atoms with van der Waals surface area (Å²) in [4.78, 5) is 12.2. The monoisotopic (exact) mass is 339 g/mol. The molecule has 2 aliphatic carbocycles. The molecule has 1 spiro atoms. The lowest BCUT2D eigenvalue weighted by molar-refractivity contribution is -0.147. The van der Waals surface area contributed by atoms with Crippen LogP contribution in [0.5, 0.6) is 0 Å². The minimum Gasteiger partial charge on any atom is -0.274 e. The Bertz CT molecular complexity index is 613. The highest BCUT2D eigenvalue weighted by atomic mass is 32.2. The summed E-state index contributed by atoms with van der Waals surface area (Å²) < 4.78 is 62.6. The van der Waals surface area contributed by atoms with Crippen LogP contribution in [-0.4, -0.2) is 36.6 Å². The van der Waals surface area contributed by atoms with Crippen molar-refractivity contribution in [2.45, 2.75) is 58.2 Å². The second-order valence-electron chi connectivity index (χ2n) is 7.43. The highest BCUT2D eigenvalue weighted by Crippen LogP contribution is 2.70. The average Bonchev–Trinajstić information content (AvgIpc) is 2.81. The van der Waals surface area contributed by atoms with Gasteiger partial charge in [0.15, 0.2) is 0 Å². The van der Waals surface area contributed by atoms with Crippen molar-refractivity contribution in [1.82, 2.24) is 4.31 Å². The van der Waals surface area contributed by atoms with E-state index in [1.807, 2.05) is 13.8 Å². The van der Waals surface area contributed by atoms with Crippen molar-refractivity contribution in [3.63, 3.8) is 0 Å². The lowest BCUT2D eigenvalue weighted by Crippen LogP contribution is -2.44. The van der Waals surface area contributed by atoms with E-state index >= 15 is 0 Å². The minimum absolute atomic E-state index is 0.105. The zero-order chi connectivity index (χ0) is 16.6. The van der Waals surface area contributed by atoms with E-state index in [9.17, 15) is 26.4 Å². The molecule has 3 atom stereocenters. The van der Waals surface area contributed by atoms with Gasteiger partial charge in [-0.3, -0.25) is 4.79 Å². The first kappa shape index (κ1) is 16.1. The Labute approximate surface area is 128 Å². The fraction of sp³-hybridized carbons (Fsp3) is 0.929. The predicted molar refractivity (Wildman–Crippen MR) is 73.3 cm³/mol. The summed E-state index contributed by atoms with van der Waals surface area (Å²) in [5.74, 6) is -0.667. The quantitative estimate of drug-likeness (QED) is 0.777. The molecule has 1 amide bonds. The molecule has 3 aliphatic rings. The van der Waals surface area contributed by atoms with Crippen molar-refractivity contribution in [1.29, 1.82) is 0 Å². The number of alkyl halides is 3. The van der Waals surface area contributed by atoms with E-state index in [1.165, 1.54) is 0 Å². The second-order valence-corrected chi connectivity index (χ2v) is 9.27. The maximum absolute atomic E-state index is 12.4. The number of carbonyl (C=O) groups excluding carboxylic acids is 1. The van der Waals surface area contributed by atoms with Crippen LogP contribution < -0.4 is 0 Å². The van der Waals surface area contributed by atoms with Crippen molar-refractivity contribution < 1.29 is 26.4 Å². The van der Waals surface area contributed by atoms with Crippen molar-refractivity contribution in [3.05, 3.63) is 0 Å². The number of hydrogen-bond acceptors (Lipinski definition) is 3. The van der Waals surface area contributed by atoms with E-state index in [4.69, 9.17) is 0 Å². The SMILES string of the molecule is CC1(C)[C@H]2CC[C@@]13CS(=O)(=O)N(C(=O)CCC(F)(F)F)[C@H]3C2. The first-order chi connectivity index (χ1) is 9.91. The molecule has 0 radical (unpaired) electrons. The Kier molecular flexibility index (Phi) is 3.21. The fourth-order valence-electron chi connectivity index (χ4n) is 4.98. The van der Waals surface area contributed by atoms with E-state index in [0.717, 1.165) is 17.1 Å². The van der Waals surface area contributed by atoms with E-state index in [2.05, 4.69) is 0 Å². The predicted octanol–water partition coefficient (Wildman–Crippen LogP) is 2.70. The molecule has 0 aromatic carbocycles. The summed E-state index contributed by atoms with van der Waals surface area (Å²) in [5, 5.41) is 0. The topological polar surface area (TPSA) is 54.5 Å². The molecule has 8 heteroatoms. The zero-order valence-electron chi connectivity index (χ0n) is 12.6. The van der Waals surface area contributed by atoms with Crippen molar-refractivity contribution >= 4 is 15.9 Å². The Balaban J connectivity index is 1.89. The zero-order valence-corrected chi connectivity index (χ0v) is 13.4. The highest BCUT2D eigenvalue weighted by molar-refractivity contribution is 7.90. The molecule has 0 unspecified atom stereocenters. The number of halogens is 3. The standard InChI is InChI=1S/C14H20F3NO3S/c1-12(2)9-3-5-13(12)8-22(20,21)18(10(13)7-9)11(19)4-6-14(15,16)17/h9-10H,3-8H2,1-2H3/t9-,10-,13-/m0/s1. The molecule has 0 aromatic heterocycles. The molecular weight excluding hydrogens is 319 g/mol. The lowest BCUT2D eigenvalue weighted by Gasteiger charge is -2.37. The summed E-state index contributed by atoms with van der Waals surface area (Å²) in [6.45, 7) is 4.06. The van der Waals surface area contributed by atoms with Crippen LogP contribution in [-0.2, 0) is 14.8 Å². The van der Waals surface area contributed by atoms with Crippen LogP contribution in [0.3, 0.4) is 0 Å². The van der Waals surface area contributed by atoms with Gasteiger partial charge in [-0.1, -0.05) is 13.8 Å². The van der Waals surface area contributed by atoms with Gasteiger partial charge in [-0.25, -0.2) is 12.7 Å². The number of fused-ring (bicyclic) bond motifs is 1. The summed E-state index contributed by atoms with van der Waals surface area (Å²) in [5.41, 5.74) is -0.672. The van der Waals surface area contributed by atoms with Gasteiger partial charge in [0.05, 0.1) is 18.2 Å². The Morgan fingerprint density at radius 2 is 1.95 bits per heavy atom. The fourth-order valence-corrected chi connectivity index (χ4v) is 7.55. The van der Waals surface area contributed by atoms with Gasteiger partial charge in [-0.2, -0.15) is 13.2 Å². The number of amides is 1. The van der Waals surface area contributed by atoms with Crippen LogP contribution in [0.25, 0.3) is 0 Å². The van der Waals surface area contributed by atoms with Gasteiger partial charge in [0, 0.05) is 11.8 Å². The smallest absolute Gasteiger partial charge is 0.274 e. The molecule has 1 heterocycles. The Hall–Kier alpha value is -0.790. The van der Waals surface area contributed by atoms with Crippen molar-refractivity contribution in [2.24, 2.45) is 16.7 Å². The summed E-state index contributed by atoms with van der Waals surface area (Å²) >= 11 is 0. The third kappa shape index (κ3) is 2.02. The number of nitrogens with zero attached hydrogens (tertiary/aromatic N) is 1. The molecule has 3 rings (SSSR count). The maximum atomic E-state index is 12.4. The number of hydrogen-bond donors (Lipinski definition) is 0. The minimum atomic E-state index is -4.45. The molecular formula is C14H20F3NO3S. The summed E-state index contributed by atoms with van der Waals surface area (Å²) in [7, 11) is -3.81. The third-order valence-electron chi connectivity index (χ3n) is 6.28. The molecule has 4 nitrogen and oxygen atoms in total. The van der Waals surface area contributed by atoms with Crippen LogP contribution in [0.2, 0.25) is 0 Å². The van der Waals surface area contributed by atoms with E-state index in [0.29, 0.717) is 12.3 Å². The van der Waals surface area contributed by atoms with Crippen LogP contribution in [0.15, 0.2) is 0 Å². The highest BCUT2D eigenvalue weighted by Gasteiger charge is 2.72. The number of rotatable bonds is 2. The molecule has 2 saturated carbocycles. The van der Waals surface area contributed by atoms with Gasteiger partial charge in [-0.05, 0) is 30.6 Å².